The molecule has 2 aromatic heterocycles. The number of benzene rings is 2. The van der Waals surface area contributed by atoms with Gasteiger partial charge in [0.15, 0.2) is 11.5 Å². The normalized spacial score (nSPS) is 15.6. The molecular weight excluding hydrogens is 439 g/mol. The van der Waals surface area contributed by atoms with Gasteiger partial charge in [0, 0.05) is 30.3 Å². The fourth-order valence-corrected chi connectivity index (χ4v) is 3.87. The zero-order chi connectivity index (χ0) is 23.5. The fraction of sp³-hybridized carbons (Fsp3) is 0.208. The Hall–Kier alpha value is -4.34. The average Bonchev–Trinajstić information content (AvgIpc) is 3.45. The highest BCUT2D eigenvalue weighted by atomic mass is 19.1. The molecule has 172 valence electrons. The second kappa shape index (κ2) is 9.26. The van der Waals surface area contributed by atoms with Crippen LogP contribution in [0.1, 0.15) is 6.42 Å². The summed E-state index contributed by atoms with van der Waals surface area (Å²) in [5.41, 5.74) is 1.83. The van der Waals surface area contributed by atoms with E-state index in [1.807, 2.05) is 30.3 Å². The topological polar surface area (TPSA) is 102 Å². The lowest BCUT2D eigenvalue weighted by molar-refractivity contribution is -0.126. The van der Waals surface area contributed by atoms with Crippen molar-refractivity contribution in [3.8, 4) is 17.3 Å². The summed E-state index contributed by atoms with van der Waals surface area (Å²) in [7, 11) is 0. The van der Waals surface area contributed by atoms with E-state index in [2.05, 4.69) is 20.6 Å². The molecule has 2 aromatic carbocycles. The molecule has 10 heteroatoms. The van der Waals surface area contributed by atoms with E-state index in [4.69, 9.17) is 4.74 Å². The Morgan fingerprint density at radius 2 is 1.94 bits per heavy atom. The number of anilines is 1. The average molecular weight is 460 g/mol. The van der Waals surface area contributed by atoms with Crippen LogP contribution in [-0.4, -0.2) is 51.3 Å². The molecule has 1 N–H and O–H groups in total. The van der Waals surface area contributed by atoms with Gasteiger partial charge in [-0.1, -0.05) is 30.3 Å². The number of rotatable bonds is 7. The molecule has 34 heavy (non-hydrogen) atoms. The number of ether oxygens (including phenoxy) is 1. The Bertz CT molecular complexity index is 1340. The fourth-order valence-electron chi connectivity index (χ4n) is 3.87. The van der Waals surface area contributed by atoms with Gasteiger partial charge in [0.25, 0.3) is 0 Å². The van der Waals surface area contributed by atoms with Crippen molar-refractivity contribution < 1.29 is 18.7 Å². The highest BCUT2D eigenvalue weighted by Crippen LogP contribution is 2.25. The second-order valence-electron chi connectivity index (χ2n) is 7.86. The summed E-state index contributed by atoms with van der Waals surface area (Å²) in [6, 6.07) is 18.7. The van der Waals surface area contributed by atoms with Crippen LogP contribution < -0.4 is 15.0 Å². The number of fused-ring (bicyclic) bond motifs is 1. The molecule has 9 nitrogen and oxygen atoms in total. The van der Waals surface area contributed by atoms with E-state index in [9.17, 15) is 14.0 Å². The lowest BCUT2D eigenvalue weighted by Gasteiger charge is -2.16. The van der Waals surface area contributed by atoms with Crippen molar-refractivity contribution in [2.75, 3.05) is 24.6 Å². The number of aromatic nitrogens is 4. The first-order valence-corrected chi connectivity index (χ1v) is 10.8. The van der Waals surface area contributed by atoms with Gasteiger partial charge in [0.05, 0.1) is 12.5 Å². The van der Waals surface area contributed by atoms with Crippen LogP contribution in [0, 0.1) is 11.7 Å². The monoisotopic (exact) mass is 460 g/mol. The highest BCUT2D eigenvalue weighted by molar-refractivity contribution is 6.00. The van der Waals surface area contributed by atoms with E-state index in [0.29, 0.717) is 29.5 Å². The second-order valence-corrected chi connectivity index (χ2v) is 7.86. The van der Waals surface area contributed by atoms with Crippen molar-refractivity contribution in [3.05, 3.63) is 72.5 Å². The molecule has 1 saturated heterocycles. The molecule has 0 saturated carbocycles. The molecule has 1 aliphatic heterocycles. The number of hydrogen-bond donors (Lipinski definition) is 1. The van der Waals surface area contributed by atoms with Crippen molar-refractivity contribution in [1.82, 2.24) is 25.1 Å². The highest BCUT2D eigenvalue weighted by Gasteiger charge is 2.34. The first-order valence-electron chi connectivity index (χ1n) is 10.8. The first kappa shape index (κ1) is 21.5. The van der Waals surface area contributed by atoms with Gasteiger partial charge in [-0.3, -0.25) is 9.59 Å². The molecule has 1 aliphatic rings. The van der Waals surface area contributed by atoms with Crippen molar-refractivity contribution in [2.24, 2.45) is 5.92 Å². The maximum absolute atomic E-state index is 13.6. The van der Waals surface area contributed by atoms with Gasteiger partial charge < -0.3 is 15.0 Å². The summed E-state index contributed by atoms with van der Waals surface area (Å²) in [4.78, 5) is 26.5. The number of nitrogens with one attached hydrogen (secondary N) is 1. The first-order chi connectivity index (χ1) is 16.6. The molecule has 0 bridgehead atoms. The third-order valence-electron chi connectivity index (χ3n) is 5.54. The quantitative estimate of drug-likeness (QED) is 0.425. The van der Waals surface area contributed by atoms with E-state index in [1.54, 1.807) is 29.2 Å². The largest absolute Gasteiger partial charge is 0.475 e. The summed E-state index contributed by atoms with van der Waals surface area (Å²) < 4.78 is 20.7. The zero-order valence-corrected chi connectivity index (χ0v) is 18.1. The molecule has 0 radical (unpaired) electrons. The van der Waals surface area contributed by atoms with E-state index in [1.165, 1.54) is 16.6 Å². The summed E-state index contributed by atoms with van der Waals surface area (Å²) in [5.74, 6) is -0.344. The predicted molar refractivity (Wildman–Crippen MR) is 122 cm³/mol. The van der Waals surface area contributed by atoms with Crippen LogP contribution >= 0.6 is 0 Å². The van der Waals surface area contributed by atoms with Gasteiger partial charge in [-0.15, -0.1) is 15.3 Å². The van der Waals surface area contributed by atoms with Crippen LogP contribution in [0.25, 0.3) is 17.0 Å². The summed E-state index contributed by atoms with van der Waals surface area (Å²) >= 11 is 0. The van der Waals surface area contributed by atoms with Crippen LogP contribution in [0.2, 0.25) is 0 Å². The summed E-state index contributed by atoms with van der Waals surface area (Å²) in [5, 5.41) is 15.3. The van der Waals surface area contributed by atoms with Crippen LogP contribution in [0.3, 0.4) is 0 Å². The lowest BCUT2D eigenvalue weighted by Crippen LogP contribution is -2.35. The molecule has 4 aromatic rings. The lowest BCUT2D eigenvalue weighted by atomic mass is 10.1. The van der Waals surface area contributed by atoms with Gasteiger partial charge in [0.1, 0.15) is 12.4 Å². The standard InChI is InChI=1S/C24H21FN6O3/c25-18-6-4-5-16(13-18)23-28-27-20-9-10-21(29-31(20)23)34-12-11-26-24(33)17-14-22(32)30(15-17)19-7-2-1-3-8-19/h1-10,13,17H,11-12,14-15H2,(H,26,33). The third-order valence-corrected chi connectivity index (χ3v) is 5.54. The maximum atomic E-state index is 13.6. The molecule has 5 rings (SSSR count). The van der Waals surface area contributed by atoms with Gasteiger partial charge >= 0.3 is 0 Å². The van der Waals surface area contributed by atoms with Crippen LogP contribution in [0.4, 0.5) is 10.1 Å². The van der Waals surface area contributed by atoms with Crippen LogP contribution in [0.5, 0.6) is 5.88 Å². The Balaban J connectivity index is 1.16. The van der Waals surface area contributed by atoms with E-state index < -0.39 is 5.92 Å². The van der Waals surface area contributed by atoms with Crippen molar-refractivity contribution in [2.45, 2.75) is 6.42 Å². The number of carbonyl (C=O) groups is 2. The van der Waals surface area contributed by atoms with Gasteiger partial charge in [-0.05, 0) is 30.3 Å². The number of halogens is 1. The Kier molecular flexibility index (Phi) is 5.86. The Morgan fingerprint density at radius 1 is 1.09 bits per heavy atom. The molecule has 1 unspecified atom stereocenters. The molecule has 3 heterocycles. The van der Waals surface area contributed by atoms with Crippen molar-refractivity contribution >= 4 is 23.1 Å². The van der Waals surface area contributed by atoms with E-state index in [-0.39, 0.29) is 37.2 Å². The summed E-state index contributed by atoms with van der Waals surface area (Å²) in [6.45, 7) is 0.794. The third kappa shape index (κ3) is 4.42. The molecule has 1 atom stereocenters. The molecule has 0 aliphatic carbocycles. The minimum atomic E-state index is -0.409. The smallest absolute Gasteiger partial charge is 0.231 e. The molecule has 0 spiro atoms. The SMILES string of the molecule is O=C(NCCOc1ccc2nnc(-c3cccc(F)c3)n2n1)C1CC(=O)N(c2ccccc2)C1. The Morgan fingerprint density at radius 3 is 2.76 bits per heavy atom. The van der Waals surface area contributed by atoms with E-state index in [0.717, 1.165) is 5.69 Å². The maximum Gasteiger partial charge on any atom is 0.231 e. The number of para-hydroxylation sites is 1. The van der Waals surface area contributed by atoms with Crippen LogP contribution in [0.15, 0.2) is 66.7 Å². The zero-order valence-electron chi connectivity index (χ0n) is 18.1. The molecular formula is C24H21FN6O3. The predicted octanol–water partition coefficient (Wildman–Crippen LogP) is 2.48. The van der Waals surface area contributed by atoms with Crippen molar-refractivity contribution in [3.63, 3.8) is 0 Å². The minimum Gasteiger partial charge on any atom is -0.475 e. The van der Waals surface area contributed by atoms with Crippen LogP contribution in [-0.2, 0) is 9.59 Å². The number of nitrogens with zero attached hydrogens (tertiary/aromatic N) is 5. The Labute approximate surface area is 194 Å². The van der Waals surface area contributed by atoms with Gasteiger partial charge in [-0.2, -0.15) is 4.52 Å². The van der Waals surface area contributed by atoms with Gasteiger partial charge in [-0.25, -0.2) is 4.39 Å². The minimum absolute atomic E-state index is 0.0665. The van der Waals surface area contributed by atoms with E-state index >= 15 is 0 Å². The molecule has 2 amide bonds. The molecule has 1 fully saturated rings. The van der Waals surface area contributed by atoms with Gasteiger partial charge in [0.2, 0.25) is 17.7 Å². The number of hydrogen-bond acceptors (Lipinski definition) is 6. The number of amides is 2. The summed E-state index contributed by atoms with van der Waals surface area (Å²) in [6.07, 6.45) is 0.177. The van der Waals surface area contributed by atoms with Crippen molar-refractivity contribution in [1.29, 1.82) is 0 Å². The number of carbonyl (C=O) groups excluding carboxylic acids is 2.